The molecular formula is C7H12NO5S-. The summed E-state index contributed by atoms with van der Waals surface area (Å²) in [6, 6.07) is 0. The molecule has 0 saturated carbocycles. The molecule has 6 nitrogen and oxygen atoms in total. The van der Waals surface area contributed by atoms with Gasteiger partial charge in [-0.1, -0.05) is 0 Å². The number of ether oxygens (including phenoxy) is 1. The van der Waals surface area contributed by atoms with Gasteiger partial charge >= 0.3 is 5.97 Å². The van der Waals surface area contributed by atoms with Crippen molar-refractivity contribution >= 4 is 17.3 Å². The number of carbonyl (C=O) groups is 1. The van der Waals surface area contributed by atoms with Crippen molar-refractivity contribution in [1.82, 2.24) is 5.32 Å². The molecule has 0 aliphatic carbocycles. The van der Waals surface area contributed by atoms with Crippen LogP contribution >= 0.6 is 0 Å². The molecule has 0 aromatic carbocycles. The van der Waals surface area contributed by atoms with Crippen LogP contribution < -0.4 is 5.32 Å². The highest BCUT2D eigenvalue weighted by molar-refractivity contribution is 7.74. The van der Waals surface area contributed by atoms with Crippen LogP contribution in [0.25, 0.3) is 0 Å². The van der Waals surface area contributed by atoms with Crippen molar-refractivity contribution in [3.8, 4) is 0 Å². The number of piperidine rings is 1. The first-order valence-electron chi connectivity index (χ1n) is 4.18. The monoisotopic (exact) mass is 222 g/mol. The van der Waals surface area contributed by atoms with Gasteiger partial charge in [-0.3, -0.25) is 4.18 Å². The van der Waals surface area contributed by atoms with Crippen molar-refractivity contribution in [3.63, 3.8) is 0 Å². The van der Waals surface area contributed by atoms with Gasteiger partial charge < -0.3 is 14.6 Å². The van der Waals surface area contributed by atoms with Gasteiger partial charge in [-0.15, -0.1) is 0 Å². The maximum atomic E-state index is 11.4. The molecule has 0 aromatic heterocycles. The summed E-state index contributed by atoms with van der Waals surface area (Å²) in [6.07, 6.45) is 0.599. The van der Waals surface area contributed by atoms with E-state index in [1.807, 2.05) is 0 Å². The number of hydrogen-bond donors (Lipinski definition) is 1. The highest BCUT2D eigenvalue weighted by Gasteiger charge is 2.42. The SMILES string of the molecule is COC(=O)C1(OS(=O)[O-])CCNCC1. The number of nitrogens with one attached hydrogen (secondary N) is 1. The van der Waals surface area contributed by atoms with Crippen LogP contribution in [0, 0.1) is 0 Å². The number of esters is 1. The third-order valence-corrected chi connectivity index (χ3v) is 2.65. The van der Waals surface area contributed by atoms with E-state index in [1.165, 1.54) is 7.11 Å². The van der Waals surface area contributed by atoms with Crippen LogP contribution in [0.4, 0.5) is 0 Å². The van der Waals surface area contributed by atoms with E-state index in [4.69, 9.17) is 0 Å². The zero-order chi connectivity index (χ0) is 10.6. The Bertz CT molecular complexity index is 238. The molecule has 1 heterocycles. The van der Waals surface area contributed by atoms with Gasteiger partial charge in [-0.05, 0) is 13.1 Å². The van der Waals surface area contributed by atoms with E-state index in [0.29, 0.717) is 25.9 Å². The van der Waals surface area contributed by atoms with Crippen molar-refractivity contribution in [2.45, 2.75) is 18.4 Å². The molecule has 1 fully saturated rings. The van der Waals surface area contributed by atoms with E-state index < -0.39 is 22.9 Å². The van der Waals surface area contributed by atoms with Gasteiger partial charge in [-0.2, -0.15) is 0 Å². The van der Waals surface area contributed by atoms with Gasteiger partial charge in [0.15, 0.2) is 5.60 Å². The van der Waals surface area contributed by atoms with Gasteiger partial charge in [0, 0.05) is 12.8 Å². The molecule has 1 atom stereocenters. The first-order chi connectivity index (χ1) is 6.60. The molecular weight excluding hydrogens is 210 g/mol. The van der Waals surface area contributed by atoms with E-state index in [2.05, 4.69) is 14.2 Å². The van der Waals surface area contributed by atoms with Crippen LogP contribution in [0.3, 0.4) is 0 Å². The zero-order valence-corrected chi connectivity index (χ0v) is 8.59. The first kappa shape index (κ1) is 11.6. The topological polar surface area (TPSA) is 87.7 Å². The Labute approximate surface area is 84.4 Å². The fourth-order valence-corrected chi connectivity index (χ4v) is 1.96. The second-order valence-electron chi connectivity index (χ2n) is 3.02. The number of hydrogen-bond acceptors (Lipinski definition) is 6. The molecule has 7 heteroatoms. The van der Waals surface area contributed by atoms with E-state index in [1.54, 1.807) is 0 Å². The summed E-state index contributed by atoms with van der Waals surface area (Å²) < 4.78 is 30.0. The minimum atomic E-state index is -2.70. The predicted octanol–water partition coefficient (Wildman–Crippen LogP) is -0.908. The number of methoxy groups -OCH3 is 1. The third-order valence-electron chi connectivity index (χ3n) is 2.20. The second kappa shape index (κ2) is 4.83. The third kappa shape index (κ3) is 2.50. The highest BCUT2D eigenvalue weighted by atomic mass is 32.2. The second-order valence-corrected chi connectivity index (χ2v) is 3.60. The van der Waals surface area contributed by atoms with Gasteiger partial charge in [0.25, 0.3) is 0 Å². The quantitative estimate of drug-likeness (QED) is 0.491. The van der Waals surface area contributed by atoms with Gasteiger partial charge in [0.1, 0.15) is 0 Å². The van der Waals surface area contributed by atoms with Crippen LogP contribution in [0.15, 0.2) is 0 Å². The average molecular weight is 222 g/mol. The Morgan fingerprint density at radius 3 is 2.50 bits per heavy atom. The van der Waals surface area contributed by atoms with Crippen LogP contribution in [-0.4, -0.2) is 40.5 Å². The normalized spacial score (nSPS) is 22.7. The molecule has 1 aliphatic heterocycles. The summed E-state index contributed by atoms with van der Waals surface area (Å²) in [4.78, 5) is 11.4. The fraction of sp³-hybridized carbons (Fsp3) is 0.857. The van der Waals surface area contributed by atoms with E-state index in [0.717, 1.165) is 0 Å². The van der Waals surface area contributed by atoms with Crippen LogP contribution in [0.2, 0.25) is 0 Å². The standard InChI is InChI=1S/C7H13NO5S/c1-12-6(9)7(13-14(10)11)2-4-8-5-3-7/h8H,2-5H2,1H3,(H,10,11)/p-1. The first-order valence-corrected chi connectivity index (χ1v) is 5.18. The lowest BCUT2D eigenvalue weighted by molar-refractivity contribution is -0.161. The molecule has 0 spiro atoms. The smallest absolute Gasteiger partial charge is 0.339 e. The molecule has 0 bridgehead atoms. The van der Waals surface area contributed by atoms with Gasteiger partial charge in [0.05, 0.1) is 18.5 Å². The molecule has 0 radical (unpaired) electrons. The van der Waals surface area contributed by atoms with E-state index in [-0.39, 0.29) is 0 Å². The van der Waals surface area contributed by atoms with Crippen molar-refractivity contribution in [2.24, 2.45) is 0 Å². The van der Waals surface area contributed by atoms with Crippen molar-refractivity contribution in [2.75, 3.05) is 20.2 Å². The molecule has 1 aliphatic rings. The Morgan fingerprint density at radius 1 is 1.50 bits per heavy atom. The van der Waals surface area contributed by atoms with Crippen LogP contribution in [-0.2, 0) is 25.1 Å². The van der Waals surface area contributed by atoms with Crippen molar-refractivity contribution in [1.29, 1.82) is 0 Å². The van der Waals surface area contributed by atoms with Gasteiger partial charge in [-0.25, -0.2) is 9.00 Å². The Morgan fingerprint density at radius 2 is 2.07 bits per heavy atom. The Balaban J connectivity index is 2.76. The maximum Gasteiger partial charge on any atom is 0.339 e. The molecule has 82 valence electrons. The molecule has 0 amide bonds. The summed E-state index contributed by atoms with van der Waals surface area (Å²) in [6.45, 7) is 1.07. The van der Waals surface area contributed by atoms with Crippen LogP contribution in [0.5, 0.6) is 0 Å². The summed E-state index contributed by atoms with van der Waals surface area (Å²) in [5.74, 6) is -0.636. The molecule has 1 unspecified atom stereocenters. The molecule has 1 rings (SSSR count). The lowest BCUT2D eigenvalue weighted by atomic mass is 9.93. The minimum absolute atomic E-state index is 0.299. The maximum absolute atomic E-state index is 11.4. The van der Waals surface area contributed by atoms with Crippen LogP contribution in [0.1, 0.15) is 12.8 Å². The Kier molecular flexibility index (Phi) is 3.99. The fourth-order valence-electron chi connectivity index (χ4n) is 1.47. The summed E-state index contributed by atoms with van der Waals surface area (Å²) >= 11 is -2.70. The molecule has 0 aromatic rings. The number of carbonyl (C=O) groups excluding carboxylic acids is 1. The summed E-state index contributed by atoms with van der Waals surface area (Å²) in [5, 5.41) is 3.00. The summed E-state index contributed by atoms with van der Waals surface area (Å²) in [7, 11) is 1.21. The highest BCUT2D eigenvalue weighted by Crippen LogP contribution is 2.25. The minimum Gasteiger partial charge on any atom is -0.750 e. The van der Waals surface area contributed by atoms with E-state index >= 15 is 0 Å². The molecule has 14 heavy (non-hydrogen) atoms. The molecule has 1 N–H and O–H groups in total. The van der Waals surface area contributed by atoms with Crippen molar-refractivity contribution in [3.05, 3.63) is 0 Å². The average Bonchev–Trinajstić information content (AvgIpc) is 2.17. The molecule has 1 saturated heterocycles. The largest absolute Gasteiger partial charge is 0.750 e. The lowest BCUT2D eigenvalue weighted by Gasteiger charge is -2.34. The predicted molar refractivity (Wildman–Crippen MR) is 46.9 cm³/mol. The number of rotatable bonds is 3. The van der Waals surface area contributed by atoms with Crippen molar-refractivity contribution < 1.29 is 22.5 Å². The Hall–Kier alpha value is -0.500. The zero-order valence-electron chi connectivity index (χ0n) is 7.78. The van der Waals surface area contributed by atoms with Gasteiger partial charge in [0.2, 0.25) is 0 Å². The lowest BCUT2D eigenvalue weighted by Crippen LogP contribution is -2.50. The summed E-state index contributed by atoms with van der Waals surface area (Å²) in [5.41, 5.74) is -1.33. The van der Waals surface area contributed by atoms with E-state index in [9.17, 15) is 13.6 Å².